The summed E-state index contributed by atoms with van der Waals surface area (Å²) >= 11 is 2.00. The summed E-state index contributed by atoms with van der Waals surface area (Å²) in [6.07, 6.45) is 1.61. The lowest BCUT2D eigenvalue weighted by Crippen LogP contribution is -2.15. The number of fused-ring (bicyclic) bond motifs is 1. The second kappa shape index (κ2) is 6.56. The van der Waals surface area contributed by atoms with Crippen LogP contribution in [0, 0.1) is 17.7 Å². The fourth-order valence-corrected chi connectivity index (χ4v) is 4.46. The van der Waals surface area contributed by atoms with Gasteiger partial charge in [0.1, 0.15) is 5.82 Å². The van der Waals surface area contributed by atoms with Gasteiger partial charge in [-0.25, -0.2) is 22.4 Å². The maximum absolute atomic E-state index is 13.1. The fraction of sp³-hybridized carbons (Fsp3) is 0.294. The molecule has 2 aromatic heterocycles. The smallest absolute Gasteiger partial charge is 0.269 e. The van der Waals surface area contributed by atoms with Crippen LogP contribution in [-0.4, -0.2) is 28.4 Å². The molecule has 0 amide bonds. The van der Waals surface area contributed by atoms with Crippen LogP contribution >= 0.6 is 22.6 Å². The van der Waals surface area contributed by atoms with Crippen LogP contribution in [0.3, 0.4) is 0 Å². The van der Waals surface area contributed by atoms with E-state index in [9.17, 15) is 8.42 Å². The number of halogens is 1. The first kappa shape index (κ1) is 18.1. The van der Waals surface area contributed by atoms with Gasteiger partial charge in [0.2, 0.25) is 0 Å². The monoisotopic (exact) mass is 470 g/mol. The zero-order chi connectivity index (χ0) is 18.4. The van der Waals surface area contributed by atoms with E-state index in [1.165, 1.54) is 3.97 Å². The Kier molecular flexibility index (Phi) is 4.76. The molecule has 0 aliphatic heterocycles. The van der Waals surface area contributed by atoms with Gasteiger partial charge in [-0.05, 0) is 45.4 Å². The molecule has 0 aliphatic carbocycles. The van der Waals surface area contributed by atoms with E-state index in [2.05, 4.69) is 15.3 Å². The molecule has 6 nitrogen and oxygen atoms in total. The first-order chi connectivity index (χ1) is 11.7. The summed E-state index contributed by atoms with van der Waals surface area (Å²) in [5.74, 6) is 0.653. The second-order valence-corrected chi connectivity index (χ2v) is 9.04. The molecule has 0 aliphatic rings. The van der Waals surface area contributed by atoms with Crippen molar-refractivity contribution in [2.45, 2.75) is 38.6 Å². The number of anilines is 1. The summed E-state index contributed by atoms with van der Waals surface area (Å²) in [6, 6.07) is 6.98. The molecule has 0 bridgehead atoms. The average molecular weight is 470 g/mol. The average Bonchev–Trinajstić information content (AvgIpc) is 2.84. The molecule has 0 spiro atoms. The standard InChI is InChI=1S/C17H19IN4O2S/c1-10(2)19-15-14-12(4)9-22(16(14)21-17(18)20-15)25(23,24)13-7-5-11(3)6-8-13/h5-10H,1-4H3,(H,19,20,21). The summed E-state index contributed by atoms with van der Waals surface area (Å²) in [4.78, 5) is 9.07. The number of hydrogen-bond acceptors (Lipinski definition) is 5. The second-order valence-electron chi connectivity index (χ2n) is 6.26. The van der Waals surface area contributed by atoms with Crippen LogP contribution in [0.4, 0.5) is 5.82 Å². The molecular weight excluding hydrogens is 451 g/mol. The molecule has 0 saturated carbocycles. The lowest BCUT2D eigenvalue weighted by atomic mass is 10.2. The number of aryl methyl sites for hydroxylation is 2. The number of nitrogens with zero attached hydrogens (tertiary/aromatic N) is 3. The summed E-state index contributed by atoms with van der Waals surface area (Å²) in [5, 5.41) is 4.00. The third-order valence-electron chi connectivity index (χ3n) is 3.78. The minimum Gasteiger partial charge on any atom is -0.367 e. The SMILES string of the molecule is Cc1ccc(S(=O)(=O)n2cc(C)c3c(NC(C)C)nc(I)nc32)cc1. The molecule has 0 radical (unpaired) electrons. The molecule has 0 atom stereocenters. The van der Waals surface area contributed by atoms with Crippen LogP contribution in [0.2, 0.25) is 0 Å². The summed E-state index contributed by atoms with van der Waals surface area (Å²) in [7, 11) is -3.73. The summed E-state index contributed by atoms with van der Waals surface area (Å²) in [5.41, 5.74) is 2.21. The van der Waals surface area contributed by atoms with Crippen LogP contribution in [0.15, 0.2) is 35.4 Å². The topological polar surface area (TPSA) is 76.9 Å². The number of rotatable bonds is 4. The van der Waals surface area contributed by atoms with E-state index in [1.807, 2.05) is 50.3 Å². The predicted octanol–water partition coefficient (Wildman–Crippen LogP) is 3.71. The van der Waals surface area contributed by atoms with Gasteiger partial charge in [0.05, 0.1) is 10.3 Å². The summed E-state index contributed by atoms with van der Waals surface area (Å²) < 4.78 is 27.9. The maximum atomic E-state index is 13.1. The van der Waals surface area contributed by atoms with Gasteiger partial charge in [0.25, 0.3) is 10.0 Å². The van der Waals surface area contributed by atoms with Crippen LogP contribution in [0.5, 0.6) is 0 Å². The Balaban J connectivity index is 2.27. The highest BCUT2D eigenvalue weighted by Crippen LogP contribution is 2.29. The van der Waals surface area contributed by atoms with E-state index in [4.69, 9.17) is 0 Å². The van der Waals surface area contributed by atoms with Crippen molar-refractivity contribution in [1.82, 2.24) is 13.9 Å². The van der Waals surface area contributed by atoms with Crippen molar-refractivity contribution < 1.29 is 8.42 Å². The minimum absolute atomic E-state index is 0.172. The molecule has 0 saturated heterocycles. The lowest BCUT2D eigenvalue weighted by molar-refractivity contribution is 0.588. The van der Waals surface area contributed by atoms with E-state index in [1.54, 1.807) is 30.5 Å². The lowest BCUT2D eigenvalue weighted by Gasteiger charge is -2.12. The van der Waals surface area contributed by atoms with Gasteiger partial charge in [0.15, 0.2) is 9.48 Å². The predicted molar refractivity (Wildman–Crippen MR) is 108 cm³/mol. The van der Waals surface area contributed by atoms with Crippen molar-refractivity contribution in [3.63, 3.8) is 0 Å². The molecule has 2 heterocycles. The molecule has 3 rings (SSSR count). The van der Waals surface area contributed by atoms with Crippen molar-refractivity contribution in [2.75, 3.05) is 5.32 Å². The normalized spacial score (nSPS) is 12.1. The molecule has 8 heteroatoms. The van der Waals surface area contributed by atoms with Crippen molar-refractivity contribution in [2.24, 2.45) is 0 Å². The van der Waals surface area contributed by atoms with Crippen LogP contribution in [0.1, 0.15) is 25.0 Å². The van der Waals surface area contributed by atoms with E-state index in [0.29, 0.717) is 15.3 Å². The van der Waals surface area contributed by atoms with Crippen LogP contribution in [-0.2, 0) is 10.0 Å². The van der Waals surface area contributed by atoms with Crippen LogP contribution in [0.25, 0.3) is 11.0 Å². The van der Waals surface area contributed by atoms with Crippen molar-refractivity contribution in [1.29, 1.82) is 0 Å². The van der Waals surface area contributed by atoms with Gasteiger partial charge in [-0.2, -0.15) is 0 Å². The van der Waals surface area contributed by atoms with Gasteiger partial charge in [-0.15, -0.1) is 0 Å². The molecule has 3 aromatic rings. The van der Waals surface area contributed by atoms with Crippen LogP contribution < -0.4 is 5.32 Å². The van der Waals surface area contributed by atoms with Crippen molar-refractivity contribution >= 4 is 49.5 Å². The number of aromatic nitrogens is 3. The Bertz CT molecular complexity index is 1040. The minimum atomic E-state index is -3.73. The molecule has 25 heavy (non-hydrogen) atoms. The van der Waals surface area contributed by atoms with E-state index < -0.39 is 10.0 Å². The highest BCUT2D eigenvalue weighted by atomic mass is 127. The number of nitrogens with one attached hydrogen (secondary N) is 1. The zero-order valence-corrected chi connectivity index (χ0v) is 17.4. The van der Waals surface area contributed by atoms with Gasteiger partial charge >= 0.3 is 0 Å². The van der Waals surface area contributed by atoms with Gasteiger partial charge < -0.3 is 5.32 Å². The van der Waals surface area contributed by atoms with E-state index >= 15 is 0 Å². The van der Waals surface area contributed by atoms with E-state index in [-0.39, 0.29) is 10.9 Å². The molecule has 1 aromatic carbocycles. The molecule has 132 valence electrons. The number of benzene rings is 1. The van der Waals surface area contributed by atoms with Gasteiger partial charge in [0, 0.05) is 34.8 Å². The highest BCUT2D eigenvalue weighted by molar-refractivity contribution is 14.1. The summed E-state index contributed by atoms with van der Waals surface area (Å²) in [6.45, 7) is 7.81. The Morgan fingerprint density at radius 2 is 1.76 bits per heavy atom. The highest BCUT2D eigenvalue weighted by Gasteiger charge is 2.23. The Morgan fingerprint density at radius 3 is 2.36 bits per heavy atom. The van der Waals surface area contributed by atoms with Crippen molar-refractivity contribution in [3.05, 3.63) is 45.4 Å². The zero-order valence-electron chi connectivity index (χ0n) is 14.4. The molecule has 0 fully saturated rings. The Morgan fingerprint density at radius 1 is 1.12 bits per heavy atom. The molecule has 1 N–H and O–H groups in total. The first-order valence-electron chi connectivity index (χ1n) is 7.84. The van der Waals surface area contributed by atoms with Crippen molar-refractivity contribution in [3.8, 4) is 0 Å². The van der Waals surface area contributed by atoms with Gasteiger partial charge in [-0.3, -0.25) is 0 Å². The van der Waals surface area contributed by atoms with Gasteiger partial charge in [-0.1, -0.05) is 17.7 Å². The number of hydrogen-bond donors (Lipinski definition) is 1. The molecular formula is C17H19IN4O2S. The Hall–Kier alpha value is -1.68. The Labute approximate surface area is 160 Å². The largest absolute Gasteiger partial charge is 0.367 e. The fourth-order valence-electron chi connectivity index (χ4n) is 2.63. The first-order valence-corrected chi connectivity index (χ1v) is 10.4. The molecule has 0 unspecified atom stereocenters. The van der Waals surface area contributed by atoms with E-state index in [0.717, 1.165) is 16.5 Å². The third-order valence-corrected chi connectivity index (χ3v) is 5.93. The quantitative estimate of drug-likeness (QED) is 0.465. The third kappa shape index (κ3) is 3.37. The maximum Gasteiger partial charge on any atom is 0.269 e.